The van der Waals surface area contributed by atoms with Crippen molar-refractivity contribution < 1.29 is 9.53 Å². The topological polar surface area (TPSA) is 29.5 Å². The van der Waals surface area contributed by atoms with Gasteiger partial charge in [0.25, 0.3) is 0 Å². The average molecular weight is 269 g/mol. The minimum absolute atomic E-state index is 0.316. The molecule has 3 heteroatoms. The molecule has 0 atom stereocenters. The summed E-state index contributed by atoms with van der Waals surface area (Å²) in [6.45, 7) is 6.55. The van der Waals surface area contributed by atoms with Gasteiger partial charge in [-0.25, -0.2) is 0 Å². The molecule has 0 spiro atoms. The van der Waals surface area contributed by atoms with Crippen LogP contribution in [-0.4, -0.2) is 37.6 Å². The number of rotatable bonds is 8. The number of carbonyl (C=O) groups excluding carboxylic acids is 1. The predicted octanol–water partition coefficient (Wildman–Crippen LogP) is 3.48. The number of amides is 1. The van der Waals surface area contributed by atoms with Crippen LogP contribution in [0.2, 0.25) is 0 Å². The lowest BCUT2D eigenvalue weighted by molar-refractivity contribution is -0.132. The highest BCUT2D eigenvalue weighted by molar-refractivity contribution is 5.76. The lowest BCUT2D eigenvalue weighted by Crippen LogP contribution is -2.36. The van der Waals surface area contributed by atoms with Crippen LogP contribution in [0.4, 0.5) is 0 Å². The van der Waals surface area contributed by atoms with Crippen molar-refractivity contribution in [3.05, 3.63) is 0 Å². The third-order valence-electron chi connectivity index (χ3n) is 3.99. The third-order valence-corrected chi connectivity index (χ3v) is 3.99. The molecular weight excluding hydrogens is 238 g/mol. The molecule has 0 saturated heterocycles. The Balaban J connectivity index is 2.32. The maximum atomic E-state index is 12.3. The number of hydrogen-bond donors (Lipinski definition) is 0. The van der Waals surface area contributed by atoms with Crippen molar-refractivity contribution in [2.24, 2.45) is 11.8 Å². The normalized spacial score (nSPS) is 16.8. The van der Waals surface area contributed by atoms with Crippen LogP contribution in [0.15, 0.2) is 0 Å². The van der Waals surface area contributed by atoms with E-state index in [0.717, 1.165) is 31.8 Å². The van der Waals surface area contributed by atoms with E-state index in [-0.39, 0.29) is 0 Å². The van der Waals surface area contributed by atoms with Gasteiger partial charge in [-0.15, -0.1) is 0 Å². The van der Waals surface area contributed by atoms with Gasteiger partial charge in [-0.2, -0.15) is 0 Å². The summed E-state index contributed by atoms with van der Waals surface area (Å²) in [5.41, 5.74) is 0. The summed E-state index contributed by atoms with van der Waals surface area (Å²) < 4.78 is 5.10. The fraction of sp³-hybridized carbons (Fsp3) is 0.938. The molecule has 112 valence electrons. The van der Waals surface area contributed by atoms with E-state index in [0.29, 0.717) is 18.4 Å². The molecule has 0 aromatic carbocycles. The van der Waals surface area contributed by atoms with Crippen molar-refractivity contribution in [3.63, 3.8) is 0 Å². The van der Waals surface area contributed by atoms with E-state index in [2.05, 4.69) is 13.8 Å². The van der Waals surface area contributed by atoms with E-state index in [9.17, 15) is 4.79 Å². The molecule has 0 heterocycles. The molecule has 0 aromatic heterocycles. The molecule has 1 amide bonds. The average Bonchev–Trinajstić information content (AvgIpc) is 2.41. The van der Waals surface area contributed by atoms with Gasteiger partial charge in [0.1, 0.15) is 0 Å². The first kappa shape index (κ1) is 16.5. The standard InChI is InChI=1S/C16H31NO2/c1-14(2)13-17(11-12-19-3)16(18)10-9-15-7-5-4-6-8-15/h14-15H,4-13H2,1-3H3. The van der Waals surface area contributed by atoms with Gasteiger partial charge < -0.3 is 9.64 Å². The maximum Gasteiger partial charge on any atom is 0.222 e. The SMILES string of the molecule is COCCN(CC(C)C)C(=O)CCC1CCCCC1. The van der Waals surface area contributed by atoms with Crippen LogP contribution in [0.1, 0.15) is 58.8 Å². The van der Waals surface area contributed by atoms with Crippen molar-refractivity contribution in [1.29, 1.82) is 0 Å². The number of carbonyl (C=O) groups is 1. The third kappa shape index (κ3) is 6.95. The highest BCUT2D eigenvalue weighted by Gasteiger charge is 2.18. The van der Waals surface area contributed by atoms with Crippen LogP contribution >= 0.6 is 0 Å². The maximum absolute atomic E-state index is 12.3. The minimum atomic E-state index is 0.316. The number of nitrogens with zero attached hydrogens (tertiary/aromatic N) is 1. The number of methoxy groups -OCH3 is 1. The van der Waals surface area contributed by atoms with E-state index in [1.54, 1.807) is 7.11 Å². The molecule has 1 aliphatic carbocycles. The van der Waals surface area contributed by atoms with Crippen molar-refractivity contribution in [1.82, 2.24) is 4.90 Å². The predicted molar refractivity (Wildman–Crippen MR) is 79.1 cm³/mol. The zero-order valence-corrected chi connectivity index (χ0v) is 13.0. The van der Waals surface area contributed by atoms with Gasteiger partial charge in [0.05, 0.1) is 6.61 Å². The largest absolute Gasteiger partial charge is 0.383 e. The Kier molecular flexibility index (Phi) is 8.11. The second-order valence-electron chi connectivity index (χ2n) is 6.27. The lowest BCUT2D eigenvalue weighted by Gasteiger charge is -2.26. The molecule has 1 aliphatic rings. The summed E-state index contributed by atoms with van der Waals surface area (Å²) in [5.74, 6) is 1.63. The Morgan fingerprint density at radius 2 is 1.95 bits per heavy atom. The van der Waals surface area contributed by atoms with E-state index in [1.807, 2.05) is 4.90 Å². The zero-order valence-electron chi connectivity index (χ0n) is 13.0. The van der Waals surface area contributed by atoms with E-state index in [4.69, 9.17) is 4.74 Å². The van der Waals surface area contributed by atoms with Crippen molar-refractivity contribution >= 4 is 5.91 Å². The molecule has 0 N–H and O–H groups in total. The first-order chi connectivity index (χ1) is 9.13. The van der Waals surface area contributed by atoms with Gasteiger partial charge in [-0.05, 0) is 18.3 Å². The molecule has 19 heavy (non-hydrogen) atoms. The van der Waals surface area contributed by atoms with Crippen LogP contribution < -0.4 is 0 Å². The van der Waals surface area contributed by atoms with Gasteiger partial charge in [0, 0.05) is 26.6 Å². The molecule has 0 bridgehead atoms. The van der Waals surface area contributed by atoms with Crippen LogP contribution in [0.5, 0.6) is 0 Å². The fourth-order valence-corrected chi connectivity index (χ4v) is 2.92. The van der Waals surface area contributed by atoms with Crippen LogP contribution in [0.25, 0.3) is 0 Å². The summed E-state index contributed by atoms with van der Waals surface area (Å²) in [4.78, 5) is 14.3. The molecule has 0 radical (unpaired) electrons. The van der Waals surface area contributed by atoms with Gasteiger partial charge in [-0.3, -0.25) is 4.79 Å². The van der Waals surface area contributed by atoms with Crippen molar-refractivity contribution in [3.8, 4) is 0 Å². The first-order valence-electron chi connectivity index (χ1n) is 7.90. The van der Waals surface area contributed by atoms with Gasteiger partial charge in [0.2, 0.25) is 5.91 Å². The zero-order chi connectivity index (χ0) is 14.1. The van der Waals surface area contributed by atoms with Crippen LogP contribution in [0.3, 0.4) is 0 Å². The van der Waals surface area contributed by atoms with Gasteiger partial charge in [0.15, 0.2) is 0 Å². The minimum Gasteiger partial charge on any atom is -0.383 e. The molecule has 3 nitrogen and oxygen atoms in total. The monoisotopic (exact) mass is 269 g/mol. The number of hydrogen-bond acceptors (Lipinski definition) is 2. The highest BCUT2D eigenvalue weighted by Crippen LogP contribution is 2.27. The highest BCUT2D eigenvalue weighted by atomic mass is 16.5. The molecule has 0 unspecified atom stereocenters. The molecule has 1 rings (SSSR count). The Morgan fingerprint density at radius 3 is 2.53 bits per heavy atom. The molecular formula is C16H31NO2. The first-order valence-corrected chi connectivity index (χ1v) is 7.90. The van der Waals surface area contributed by atoms with Crippen LogP contribution in [0, 0.1) is 11.8 Å². The quantitative estimate of drug-likeness (QED) is 0.675. The molecule has 1 saturated carbocycles. The molecule has 1 fully saturated rings. The summed E-state index contributed by atoms with van der Waals surface area (Å²) >= 11 is 0. The summed E-state index contributed by atoms with van der Waals surface area (Å²) in [7, 11) is 1.69. The molecule has 0 aromatic rings. The Bertz CT molecular complexity index is 247. The second-order valence-corrected chi connectivity index (χ2v) is 6.27. The summed E-state index contributed by atoms with van der Waals surface area (Å²) in [6, 6.07) is 0. The van der Waals surface area contributed by atoms with Gasteiger partial charge >= 0.3 is 0 Å². The summed E-state index contributed by atoms with van der Waals surface area (Å²) in [6.07, 6.45) is 8.57. The number of ether oxygens (including phenoxy) is 1. The Labute approximate surface area is 118 Å². The van der Waals surface area contributed by atoms with Crippen molar-refractivity contribution in [2.75, 3.05) is 26.8 Å². The molecule has 0 aliphatic heterocycles. The van der Waals surface area contributed by atoms with E-state index >= 15 is 0 Å². The Hall–Kier alpha value is -0.570. The van der Waals surface area contributed by atoms with Crippen LogP contribution in [-0.2, 0) is 9.53 Å². The van der Waals surface area contributed by atoms with Gasteiger partial charge in [-0.1, -0.05) is 46.0 Å². The summed E-state index contributed by atoms with van der Waals surface area (Å²) in [5, 5.41) is 0. The second kappa shape index (κ2) is 9.35. The van der Waals surface area contributed by atoms with E-state index < -0.39 is 0 Å². The smallest absolute Gasteiger partial charge is 0.222 e. The van der Waals surface area contributed by atoms with E-state index in [1.165, 1.54) is 32.1 Å². The lowest BCUT2D eigenvalue weighted by atomic mass is 9.86. The Morgan fingerprint density at radius 1 is 1.26 bits per heavy atom. The van der Waals surface area contributed by atoms with Crippen molar-refractivity contribution in [2.45, 2.75) is 58.8 Å². The fourth-order valence-electron chi connectivity index (χ4n) is 2.92.